The standard InChI is InChI=1S/C26H24P.C24BF20/c1-22-12-11-13-23(20-22)21-27(24-14-5-2-6-15-24,25-16-7-3-8-17-25)26-18-9-4-10-19-26;26-5-1(6(27)14(35)21(42)13(5)34)25(2-7(28)15(36)22(43)16(37)8(2)29,3-9(30)17(38)23(44)18(39)10(3)31)4-11(32)19(40)24(45)20(41)12(4)33/h2-20H,21H2,1H3;/q+1;-1. The normalized spacial score (nSPS) is 11.7. The first-order valence-corrected chi connectivity index (χ1v) is 22.3. The van der Waals surface area contributed by atoms with Crippen LogP contribution >= 0.6 is 7.26 Å². The Morgan fingerprint density at radius 2 is 0.500 bits per heavy atom. The number of hydrogen-bond acceptors (Lipinski definition) is 0. The molecule has 0 bridgehead atoms. The summed E-state index contributed by atoms with van der Waals surface area (Å²) in [5.41, 5.74) is -11.6. The molecule has 0 atom stereocenters. The summed E-state index contributed by atoms with van der Waals surface area (Å²) in [6, 6.07) is 42.2. The monoisotopic (exact) mass is 1050 g/mol. The van der Waals surface area contributed by atoms with E-state index in [4.69, 9.17) is 0 Å². The molecule has 8 aromatic rings. The fourth-order valence-corrected chi connectivity index (χ4v) is 13.0. The van der Waals surface area contributed by atoms with E-state index in [2.05, 4.69) is 122 Å². The van der Waals surface area contributed by atoms with E-state index in [1.807, 2.05) is 0 Å². The zero-order valence-corrected chi connectivity index (χ0v) is 36.7. The maximum Gasteiger partial charge on any atom is 0.200 e. The van der Waals surface area contributed by atoms with Gasteiger partial charge in [0.2, 0.25) is 0 Å². The molecule has 22 heteroatoms. The fourth-order valence-electron chi connectivity index (χ4n) is 8.73. The van der Waals surface area contributed by atoms with Gasteiger partial charge in [-0.1, -0.05) is 84.4 Å². The van der Waals surface area contributed by atoms with Crippen LogP contribution in [0.3, 0.4) is 0 Å². The lowest BCUT2D eigenvalue weighted by molar-refractivity contribution is 0.378. The number of benzene rings is 8. The maximum absolute atomic E-state index is 15.4. The molecular formula is C50H24BF20P. The van der Waals surface area contributed by atoms with Gasteiger partial charge in [-0.15, -0.1) is 21.9 Å². The van der Waals surface area contributed by atoms with Crippen LogP contribution in [0.1, 0.15) is 11.1 Å². The lowest BCUT2D eigenvalue weighted by Gasteiger charge is -2.44. The second kappa shape index (κ2) is 20.2. The average molecular weight is 1050 g/mol. The first-order chi connectivity index (χ1) is 34.0. The Balaban J connectivity index is 0.000000238. The minimum Gasteiger partial charge on any atom is -0.207 e. The molecule has 0 aliphatic rings. The minimum atomic E-state index is -7.22. The van der Waals surface area contributed by atoms with E-state index >= 15 is 35.1 Å². The first kappa shape index (κ1) is 52.7. The fraction of sp³-hybridized carbons (Fsp3) is 0.0400. The van der Waals surface area contributed by atoms with Gasteiger partial charge in [0.15, 0.2) is 69.8 Å². The van der Waals surface area contributed by atoms with Gasteiger partial charge in [-0.25, -0.2) is 87.8 Å². The summed E-state index contributed by atoms with van der Waals surface area (Å²) >= 11 is 0. The Labute approximate surface area is 394 Å². The van der Waals surface area contributed by atoms with E-state index in [1.54, 1.807) is 0 Å². The summed E-state index contributed by atoms with van der Waals surface area (Å²) in [6.07, 6.45) is -6.18. The van der Waals surface area contributed by atoms with Crippen LogP contribution in [-0.4, -0.2) is 6.15 Å². The molecule has 0 nitrogen and oxygen atoms in total. The zero-order chi connectivity index (χ0) is 52.9. The molecule has 8 aromatic carbocycles. The highest BCUT2D eigenvalue weighted by molar-refractivity contribution is 7.95. The average Bonchev–Trinajstić information content (AvgIpc) is 3.38. The van der Waals surface area contributed by atoms with Crippen molar-refractivity contribution in [3.63, 3.8) is 0 Å². The van der Waals surface area contributed by atoms with E-state index < -0.39 is 152 Å². The molecule has 0 fully saturated rings. The van der Waals surface area contributed by atoms with E-state index in [9.17, 15) is 52.7 Å². The van der Waals surface area contributed by atoms with Crippen molar-refractivity contribution >= 4 is 51.2 Å². The van der Waals surface area contributed by atoms with Crippen LogP contribution in [0.5, 0.6) is 0 Å². The number of halogens is 20. The van der Waals surface area contributed by atoms with E-state index in [0.717, 1.165) is 6.16 Å². The topological polar surface area (TPSA) is 0 Å². The molecule has 0 aliphatic carbocycles. The zero-order valence-electron chi connectivity index (χ0n) is 35.8. The van der Waals surface area contributed by atoms with Crippen molar-refractivity contribution < 1.29 is 87.8 Å². The third-order valence-electron chi connectivity index (χ3n) is 11.8. The van der Waals surface area contributed by atoms with Crippen LogP contribution in [-0.2, 0) is 6.16 Å². The van der Waals surface area contributed by atoms with Gasteiger partial charge in [-0.3, -0.25) is 0 Å². The summed E-state index contributed by atoms with van der Waals surface area (Å²) in [6.45, 7) is 2.18. The van der Waals surface area contributed by atoms with Gasteiger partial charge in [0.05, 0.1) is 6.16 Å². The summed E-state index contributed by atoms with van der Waals surface area (Å²) in [5.74, 6) is -71.4. The summed E-state index contributed by atoms with van der Waals surface area (Å²) < 4.78 is 294. The molecule has 0 heterocycles. The highest BCUT2D eigenvalue weighted by Crippen LogP contribution is 2.58. The molecule has 0 amide bonds. The summed E-state index contributed by atoms with van der Waals surface area (Å²) in [5, 5.41) is 4.30. The largest absolute Gasteiger partial charge is 0.207 e. The molecule has 0 aromatic heterocycles. The molecule has 72 heavy (non-hydrogen) atoms. The third-order valence-corrected chi connectivity index (χ3v) is 16.2. The Kier molecular flexibility index (Phi) is 14.8. The molecule has 372 valence electrons. The third kappa shape index (κ3) is 8.34. The van der Waals surface area contributed by atoms with Crippen molar-refractivity contribution in [2.75, 3.05) is 0 Å². The lowest BCUT2D eigenvalue weighted by Crippen LogP contribution is -2.81. The summed E-state index contributed by atoms with van der Waals surface area (Å²) in [7, 11) is -1.79. The van der Waals surface area contributed by atoms with Crippen molar-refractivity contribution in [1.29, 1.82) is 0 Å². The van der Waals surface area contributed by atoms with E-state index in [1.165, 1.54) is 27.0 Å². The van der Waals surface area contributed by atoms with Gasteiger partial charge in [0.25, 0.3) is 0 Å². The van der Waals surface area contributed by atoms with Crippen LogP contribution < -0.4 is 37.8 Å². The quantitative estimate of drug-likeness (QED) is 0.0444. The van der Waals surface area contributed by atoms with Gasteiger partial charge in [0.1, 0.15) is 75.9 Å². The predicted molar refractivity (Wildman–Crippen MR) is 229 cm³/mol. The molecule has 0 N–H and O–H groups in total. The van der Waals surface area contributed by atoms with Gasteiger partial charge in [-0.2, -0.15) is 0 Å². The predicted octanol–water partition coefficient (Wildman–Crippen LogP) is 11.3. The van der Waals surface area contributed by atoms with Gasteiger partial charge < -0.3 is 0 Å². The smallest absolute Gasteiger partial charge is 0.200 e. The highest BCUT2D eigenvalue weighted by Gasteiger charge is 2.52. The van der Waals surface area contributed by atoms with Crippen LogP contribution in [0.15, 0.2) is 115 Å². The van der Waals surface area contributed by atoms with Gasteiger partial charge in [-0.05, 0) is 48.9 Å². The number of aryl methyl sites for hydroxylation is 1. The van der Waals surface area contributed by atoms with Gasteiger partial charge in [0, 0.05) is 0 Å². The van der Waals surface area contributed by atoms with Crippen LogP contribution in [0, 0.1) is 123 Å². The van der Waals surface area contributed by atoms with Crippen LogP contribution in [0.25, 0.3) is 0 Å². The molecule has 0 spiro atoms. The minimum absolute atomic E-state index is 1.03. The number of rotatable bonds is 9. The lowest BCUT2D eigenvalue weighted by atomic mass is 9.12. The van der Waals surface area contributed by atoms with E-state index in [0.29, 0.717) is 0 Å². The van der Waals surface area contributed by atoms with Crippen molar-refractivity contribution in [2.24, 2.45) is 0 Å². The molecule has 0 unspecified atom stereocenters. The van der Waals surface area contributed by atoms with Crippen molar-refractivity contribution in [2.45, 2.75) is 13.1 Å². The highest BCUT2D eigenvalue weighted by atomic mass is 31.2. The molecule has 0 radical (unpaired) electrons. The Bertz CT molecular complexity index is 2910. The van der Waals surface area contributed by atoms with Crippen molar-refractivity contribution in [3.8, 4) is 0 Å². The van der Waals surface area contributed by atoms with Gasteiger partial charge >= 0.3 is 0 Å². The van der Waals surface area contributed by atoms with Crippen molar-refractivity contribution in [3.05, 3.63) is 243 Å². The Morgan fingerprint density at radius 3 is 0.722 bits per heavy atom. The number of hydrogen-bond donors (Lipinski definition) is 0. The summed E-state index contributed by atoms with van der Waals surface area (Å²) in [4.78, 5) is 0. The second-order valence-electron chi connectivity index (χ2n) is 15.8. The Hall–Kier alpha value is -7.15. The SMILES string of the molecule is Cc1cccc(C[P+](c2ccccc2)(c2ccccc2)c2ccccc2)c1.Fc1c(F)c(F)c([B-](c2c(F)c(F)c(F)c(F)c2F)(c2c(F)c(F)c(F)c(F)c2F)c2c(F)c(F)c(F)c(F)c2F)c(F)c1F. The molecule has 0 saturated heterocycles. The van der Waals surface area contributed by atoms with Crippen LogP contribution in [0.4, 0.5) is 87.8 Å². The second-order valence-corrected chi connectivity index (χ2v) is 19.2. The molecular weight excluding hydrogens is 1020 g/mol. The first-order valence-electron chi connectivity index (χ1n) is 20.3. The van der Waals surface area contributed by atoms with E-state index in [-0.39, 0.29) is 0 Å². The van der Waals surface area contributed by atoms with Crippen LogP contribution in [0.2, 0.25) is 0 Å². The maximum atomic E-state index is 15.4. The molecule has 0 saturated carbocycles. The molecule has 8 rings (SSSR count). The Morgan fingerprint density at radius 1 is 0.278 bits per heavy atom. The van der Waals surface area contributed by atoms with Crippen molar-refractivity contribution in [1.82, 2.24) is 0 Å². The molecule has 0 aliphatic heterocycles.